The van der Waals surface area contributed by atoms with Crippen LogP contribution in [0.15, 0.2) is 66.0 Å². The van der Waals surface area contributed by atoms with Crippen LogP contribution in [0.1, 0.15) is 21.5 Å². The Morgan fingerprint density at radius 2 is 1.89 bits per heavy atom. The molecule has 0 spiro atoms. The lowest BCUT2D eigenvalue weighted by Crippen LogP contribution is -2.16. The average Bonchev–Trinajstić information content (AvgIpc) is 2.84. The van der Waals surface area contributed by atoms with E-state index in [9.17, 15) is 9.59 Å². The minimum atomic E-state index is -0.274. The van der Waals surface area contributed by atoms with Gasteiger partial charge in [-0.15, -0.1) is 0 Å². The number of amides is 1. The molecule has 1 amide bonds. The van der Waals surface area contributed by atoms with Gasteiger partial charge in [-0.25, -0.2) is 4.98 Å². The fourth-order valence-corrected chi connectivity index (χ4v) is 3.41. The highest BCUT2D eigenvalue weighted by Crippen LogP contribution is 2.26. The molecule has 4 aromatic rings. The summed E-state index contributed by atoms with van der Waals surface area (Å²) in [7, 11) is 5.56. The first kappa shape index (κ1) is 23.7. The number of carbonyl (C=O) groups is 1. The largest absolute Gasteiger partial charge is 0.355 e. The molecular formula is C27H26N6O2. The fraction of sp³-hybridized carbons (Fsp3) is 0.185. The predicted octanol–water partition coefficient (Wildman–Crippen LogP) is 3.55. The summed E-state index contributed by atoms with van der Waals surface area (Å²) >= 11 is 0. The van der Waals surface area contributed by atoms with Crippen LogP contribution >= 0.6 is 0 Å². The van der Waals surface area contributed by atoms with Gasteiger partial charge in [-0.1, -0.05) is 17.9 Å². The Kier molecular flexibility index (Phi) is 6.90. The van der Waals surface area contributed by atoms with Gasteiger partial charge in [-0.05, 0) is 63.0 Å². The van der Waals surface area contributed by atoms with E-state index in [1.165, 1.54) is 17.1 Å². The first-order valence-corrected chi connectivity index (χ1v) is 11.0. The molecule has 2 heterocycles. The smallest absolute Gasteiger partial charge is 0.260 e. The summed E-state index contributed by atoms with van der Waals surface area (Å²) < 4.78 is 1.45. The van der Waals surface area contributed by atoms with Crippen molar-refractivity contribution in [3.63, 3.8) is 0 Å². The lowest BCUT2D eigenvalue weighted by molar-refractivity contribution is 0.102. The zero-order valence-electron chi connectivity index (χ0n) is 20.1. The van der Waals surface area contributed by atoms with E-state index in [0.29, 0.717) is 34.3 Å². The van der Waals surface area contributed by atoms with Gasteiger partial charge in [0, 0.05) is 42.1 Å². The number of pyridine rings is 1. The molecular weight excluding hydrogens is 440 g/mol. The van der Waals surface area contributed by atoms with Gasteiger partial charge in [-0.2, -0.15) is 0 Å². The molecule has 0 radical (unpaired) electrons. The van der Waals surface area contributed by atoms with E-state index in [-0.39, 0.29) is 11.5 Å². The first-order chi connectivity index (χ1) is 16.8. The molecule has 2 N–H and O–H groups in total. The number of carbonyl (C=O) groups excluding carboxylic acids is 1. The number of aromatic nitrogens is 3. The number of anilines is 3. The molecule has 0 fully saturated rings. The van der Waals surface area contributed by atoms with Crippen LogP contribution in [-0.2, 0) is 7.05 Å². The predicted molar refractivity (Wildman–Crippen MR) is 139 cm³/mol. The quantitative estimate of drug-likeness (QED) is 0.437. The zero-order valence-corrected chi connectivity index (χ0v) is 20.1. The molecule has 2 aromatic heterocycles. The van der Waals surface area contributed by atoms with Gasteiger partial charge in [0.1, 0.15) is 0 Å². The molecule has 0 unspecified atom stereocenters. The summed E-state index contributed by atoms with van der Waals surface area (Å²) in [5, 5.41) is 6.80. The van der Waals surface area contributed by atoms with Crippen molar-refractivity contribution < 1.29 is 4.79 Å². The van der Waals surface area contributed by atoms with Gasteiger partial charge in [0.25, 0.3) is 11.5 Å². The van der Waals surface area contributed by atoms with Crippen molar-refractivity contribution in [3.05, 3.63) is 88.2 Å². The summed E-state index contributed by atoms with van der Waals surface area (Å²) in [5.74, 6) is 5.79. The maximum Gasteiger partial charge on any atom is 0.260 e. The normalized spacial score (nSPS) is 10.7. The van der Waals surface area contributed by atoms with Crippen molar-refractivity contribution in [2.24, 2.45) is 7.05 Å². The van der Waals surface area contributed by atoms with Gasteiger partial charge in [-0.3, -0.25) is 19.5 Å². The molecule has 2 aromatic carbocycles. The Labute approximate surface area is 203 Å². The molecule has 176 valence electrons. The third-order valence-corrected chi connectivity index (χ3v) is 5.32. The number of fused-ring (bicyclic) bond motifs is 1. The SMILES string of the molecule is Cc1ccc(NC(=O)c2cncc(C#CCN(C)C)c2)cc1Nc1ccc2ncn(C)c(=O)c2c1. The van der Waals surface area contributed by atoms with E-state index in [2.05, 4.69) is 32.4 Å². The van der Waals surface area contributed by atoms with Crippen LogP contribution in [0.4, 0.5) is 17.1 Å². The van der Waals surface area contributed by atoms with E-state index in [0.717, 1.165) is 16.9 Å². The monoisotopic (exact) mass is 466 g/mol. The third kappa shape index (κ3) is 5.72. The van der Waals surface area contributed by atoms with Crippen molar-refractivity contribution >= 4 is 33.9 Å². The van der Waals surface area contributed by atoms with Crippen molar-refractivity contribution in [1.29, 1.82) is 0 Å². The molecule has 35 heavy (non-hydrogen) atoms. The van der Waals surface area contributed by atoms with Gasteiger partial charge in [0.2, 0.25) is 0 Å². The lowest BCUT2D eigenvalue weighted by atomic mass is 10.1. The second kappa shape index (κ2) is 10.2. The molecule has 8 heteroatoms. The van der Waals surface area contributed by atoms with Crippen LogP contribution in [0.3, 0.4) is 0 Å². The van der Waals surface area contributed by atoms with Crippen LogP contribution in [0, 0.1) is 18.8 Å². The Balaban J connectivity index is 1.53. The highest BCUT2D eigenvalue weighted by Gasteiger charge is 2.10. The summed E-state index contributed by atoms with van der Waals surface area (Å²) in [4.78, 5) is 35.7. The van der Waals surface area contributed by atoms with Crippen LogP contribution in [-0.4, -0.2) is 46.0 Å². The fourth-order valence-electron chi connectivity index (χ4n) is 3.41. The Bertz CT molecular complexity index is 1530. The Morgan fingerprint density at radius 3 is 2.69 bits per heavy atom. The third-order valence-electron chi connectivity index (χ3n) is 5.32. The summed E-state index contributed by atoms with van der Waals surface area (Å²) in [6.07, 6.45) is 4.67. The number of nitrogens with zero attached hydrogens (tertiary/aromatic N) is 4. The van der Waals surface area contributed by atoms with Crippen LogP contribution in [0.5, 0.6) is 0 Å². The molecule has 4 rings (SSSR count). The van der Waals surface area contributed by atoms with E-state index >= 15 is 0 Å². The molecule has 0 aliphatic carbocycles. The number of aryl methyl sites for hydroxylation is 2. The summed E-state index contributed by atoms with van der Waals surface area (Å²) in [6.45, 7) is 2.59. The number of nitrogens with one attached hydrogen (secondary N) is 2. The minimum absolute atomic E-state index is 0.112. The van der Waals surface area contributed by atoms with Crippen LogP contribution in [0.25, 0.3) is 10.9 Å². The second-order valence-electron chi connectivity index (χ2n) is 8.50. The molecule has 8 nitrogen and oxygen atoms in total. The van der Waals surface area contributed by atoms with Gasteiger partial charge < -0.3 is 15.2 Å². The van der Waals surface area contributed by atoms with Gasteiger partial charge in [0.05, 0.1) is 29.3 Å². The van der Waals surface area contributed by atoms with Crippen molar-refractivity contribution in [3.8, 4) is 11.8 Å². The molecule has 0 bridgehead atoms. The molecule has 0 atom stereocenters. The minimum Gasteiger partial charge on any atom is -0.355 e. The highest BCUT2D eigenvalue weighted by molar-refractivity contribution is 6.04. The maximum absolute atomic E-state index is 12.8. The average molecular weight is 467 g/mol. The van der Waals surface area contributed by atoms with E-state index in [1.807, 2.05) is 50.2 Å². The van der Waals surface area contributed by atoms with Crippen LogP contribution in [0.2, 0.25) is 0 Å². The van der Waals surface area contributed by atoms with Crippen LogP contribution < -0.4 is 16.2 Å². The Hall–Kier alpha value is -4.48. The van der Waals surface area contributed by atoms with E-state index in [1.54, 1.807) is 31.4 Å². The number of benzene rings is 2. The highest BCUT2D eigenvalue weighted by atomic mass is 16.1. The number of hydrogen-bond acceptors (Lipinski definition) is 6. The number of rotatable bonds is 5. The zero-order chi connectivity index (χ0) is 24.9. The van der Waals surface area contributed by atoms with Gasteiger partial charge >= 0.3 is 0 Å². The number of hydrogen-bond donors (Lipinski definition) is 2. The molecule has 0 saturated heterocycles. The van der Waals surface area contributed by atoms with Crippen molar-refractivity contribution in [2.45, 2.75) is 6.92 Å². The molecule has 0 aliphatic heterocycles. The summed E-state index contributed by atoms with van der Waals surface area (Å²) in [6, 6.07) is 12.8. The topological polar surface area (TPSA) is 92.2 Å². The lowest BCUT2D eigenvalue weighted by Gasteiger charge is -2.13. The van der Waals surface area contributed by atoms with Crippen molar-refractivity contribution in [2.75, 3.05) is 31.3 Å². The maximum atomic E-state index is 12.8. The van der Waals surface area contributed by atoms with E-state index in [4.69, 9.17) is 0 Å². The van der Waals surface area contributed by atoms with E-state index < -0.39 is 0 Å². The molecule has 0 saturated carbocycles. The van der Waals surface area contributed by atoms with Crippen molar-refractivity contribution in [1.82, 2.24) is 19.4 Å². The first-order valence-electron chi connectivity index (χ1n) is 11.0. The second-order valence-corrected chi connectivity index (χ2v) is 8.50. The Morgan fingerprint density at radius 1 is 1.09 bits per heavy atom. The van der Waals surface area contributed by atoms with Gasteiger partial charge in [0.15, 0.2) is 0 Å². The standard InChI is InChI=1S/C27H26N6O2/c1-18-7-8-22(31-26(34)20-12-19(15-28-16-20)6-5-11-32(2)3)14-25(18)30-21-9-10-24-23(13-21)27(35)33(4)17-29-24/h7-10,12-17,30H,11H2,1-4H3,(H,31,34). The molecule has 0 aliphatic rings. The summed E-state index contributed by atoms with van der Waals surface area (Å²) in [5.41, 5.74) is 4.81.